The second-order valence-corrected chi connectivity index (χ2v) is 6.66. The summed E-state index contributed by atoms with van der Waals surface area (Å²) in [5.41, 5.74) is 3.59. The molecule has 1 aliphatic heterocycles. The van der Waals surface area contributed by atoms with E-state index in [1.165, 1.54) is 5.39 Å². The molecule has 7 nitrogen and oxygen atoms in total. The van der Waals surface area contributed by atoms with E-state index in [1.807, 2.05) is 29.3 Å². The Balaban J connectivity index is 1.40. The first-order valence-electron chi connectivity index (χ1n) is 8.84. The number of nitrogens with one attached hydrogen (secondary N) is 1. The fourth-order valence-corrected chi connectivity index (χ4v) is 3.50. The summed E-state index contributed by atoms with van der Waals surface area (Å²) in [7, 11) is 0. The summed E-state index contributed by atoms with van der Waals surface area (Å²) >= 11 is 0. The molecule has 0 spiro atoms. The maximum Gasteiger partial charge on any atom is 0.223 e. The van der Waals surface area contributed by atoms with Gasteiger partial charge in [-0.2, -0.15) is 5.10 Å². The maximum atomic E-state index is 12.6. The normalized spacial score (nSPS) is 15.2. The summed E-state index contributed by atoms with van der Waals surface area (Å²) < 4.78 is 1.80. The molecule has 0 fully saturated rings. The van der Waals surface area contributed by atoms with Gasteiger partial charge < -0.3 is 20.1 Å². The van der Waals surface area contributed by atoms with Crippen LogP contribution in [0.25, 0.3) is 10.9 Å². The van der Waals surface area contributed by atoms with E-state index >= 15 is 0 Å². The Kier molecular flexibility index (Phi) is 4.48. The van der Waals surface area contributed by atoms with Crippen molar-refractivity contribution in [3.63, 3.8) is 0 Å². The first kappa shape index (κ1) is 16.8. The molecule has 0 bridgehead atoms. The zero-order chi connectivity index (χ0) is 18.1. The number of fused-ring (bicyclic) bond motifs is 2. The molecule has 0 saturated carbocycles. The lowest BCUT2D eigenvalue weighted by Gasteiger charge is -2.27. The minimum Gasteiger partial charge on any atom is -0.393 e. The molecule has 0 radical (unpaired) electrons. The van der Waals surface area contributed by atoms with Crippen molar-refractivity contribution >= 4 is 16.8 Å². The summed E-state index contributed by atoms with van der Waals surface area (Å²) in [6.07, 6.45) is 2.17. The number of benzene rings is 1. The number of aliphatic hydroxyl groups is 2. The largest absolute Gasteiger partial charge is 0.393 e. The summed E-state index contributed by atoms with van der Waals surface area (Å²) in [5.74, 6) is 0.118. The Morgan fingerprint density at radius 1 is 1.31 bits per heavy atom. The number of carbonyl (C=O) groups is 1. The number of aliphatic hydroxyl groups excluding tert-OH is 2. The molecule has 26 heavy (non-hydrogen) atoms. The average Bonchev–Trinajstić information content (AvgIpc) is 3.28. The van der Waals surface area contributed by atoms with E-state index in [2.05, 4.69) is 16.1 Å². The molecule has 2 aromatic heterocycles. The van der Waals surface area contributed by atoms with Crippen molar-refractivity contribution < 1.29 is 15.0 Å². The van der Waals surface area contributed by atoms with Crippen LogP contribution in [-0.2, 0) is 24.3 Å². The Bertz CT molecular complexity index is 930. The Morgan fingerprint density at radius 3 is 3.00 bits per heavy atom. The van der Waals surface area contributed by atoms with Crippen LogP contribution in [0.2, 0.25) is 0 Å². The second kappa shape index (κ2) is 6.93. The first-order valence-corrected chi connectivity index (χ1v) is 8.84. The molecule has 3 aromatic rings. The molecular formula is C19H22N4O3. The second-order valence-electron chi connectivity index (χ2n) is 6.66. The highest BCUT2D eigenvalue weighted by molar-refractivity contribution is 5.84. The van der Waals surface area contributed by atoms with Crippen LogP contribution < -0.4 is 0 Å². The number of amides is 1. The monoisotopic (exact) mass is 354 g/mol. The van der Waals surface area contributed by atoms with Crippen LogP contribution in [0.4, 0.5) is 0 Å². The summed E-state index contributed by atoms with van der Waals surface area (Å²) in [6.45, 7) is 1.34. The zero-order valence-corrected chi connectivity index (χ0v) is 14.4. The average molecular weight is 354 g/mol. The first-order chi connectivity index (χ1) is 12.7. The van der Waals surface area contributed by atoms with Gasteiger partial charge in [0, 0.05) is 30.1 Å². The highest BCUT2D eigenvalue weighted by Gasteiger charge is 2.23. The van der Waals surface area contributed by atoms with Gasteiger partial charge in [0.1, 0.15) is 6.10 Å². The number of hydrogen-bond acceptors (Lipinski definition) is 4. The van der Waals surface area contributed by atoms with Gasteiger partial charge in [-0.05, 0) is 24.1 Å². The van der Waals surface area contributed by atoms with Gasteiger partial charge in [-0.25, -0.2) is 0 Å². The third kappa shape index (κ3) is 3.11. The molecular weight excluding hydrogens is 332 g/mol. The van der Waals surface area contributed by atoms with Gasteiger partial charge in [-0.1, -0.05) is 18.2 Å². The number of nitrogens with zero attached hydrogens (tertiary/aromatic N) is 3. The van der Waals surface area contributed by atoms with Crippen LogP contribution in [0, 0.1) is 0 Å². The lowest BCUT2D eigenvalue weighted by molar-refractivity contribution is -0.132. The van der Waals surface area contributed by atoms with E-state index in [0.717, 1.165) is 16.8 Å². The molecule has 0 aliphatic carbocycles. The number of hydrogen-bond donors (Lipinski definition) is 3. The molecule has 1 aromatic carbocycles. The van der Waals surface area contributed by atoms with Crippen molar-refractivity contribution in [1.82, 2.24) is 19.7 Å². The SMILES string of the molecule is O=C(CCc1c[nH]c2ccccc12)N1CCn2nc(C(O)CO)cc2C1. The number of aryl methyl sites for hydroxylation is 1. The smallest absolute Gasteiger partial charge is 0.223 e. The topological polar surface area (TPSA) is 94.4 Å². The van der Waals surface area contributed by atoms with E-state index in [1.54, 1.807) is 10.7 Å². The van der Waals surface area contributed by atoms with Crippen molar-refractivity contribution in [2.75, 3.05) is 13.2 Å². The standard InChI is InChI=1S/C19H22N4O3/c24-12-18(25)17-9-14-11-22(7-8-23(14)21-17)19(26)6-5-13-10-20-16-4-2-1-3-15(13)16/h1-4,9-10,18,20,24-25H,5-8,11-12H2. The van der Waals surface area contributed by atoms with E-state index < -0.39 is 6.10 Å². The fraction of sp³-hybridized carbons (Fsp3) is 0.368. The van der Waals surface area contributed by atoms with Crippen molar-refractivity contribution in [1.29, 1.82) is 0 Å². The van der Waals surface area contributed by atoms with Gasteiger partial charge in [-0.15, -0.1) is 0 Å². The highest BCUT2D eigenvalue weighted by atomic mass is 16.3. The lowest BCUT2D eigenvalue weighted by atomic mass is 10.1. The predicted molar refractivity (Wildman–Crippen MR) is 96.3 cm³/mol. The molecule has 1 aliphatic rings. The Hall–Kier alpha value is -2.64. The third-order valence-corrected chi connectivity index (χ3v) is 4.97. The summed E-state index contributed by atoms with van der Waals surface area (Å²) in [4.78, 5) is 17.7. The van der Waals surface area contributed by atoms with Crippen molar-refractivity contribution in [3.8, 4) is 0 Å². The maximum absolute atomic E-state index is 12.6. The van der Waals surface area contributed by atoms with Crippen LogP contribution in [0.15, 0.2) is 36.5 Å². The van der Waals surface area contributed by atoms with Gasteiger partial charge in [0.15, 0.2) is 0 Å². The quantitative estimate of drug-likeness (QED) is 0.645. The minimum atomic E-state index is -0.973. The molecule has 136 valence electrons. The van der Waals surface area contributed by atoms with Crippen molar-refractivity contribution in [2.45, 2.75) is 32.0 Å². The van der Waals surface area contributed by atoms with E-state index in [9.17, 15) is 9.90 Å². The molecule has 1 amide bonds. The number of H-pyrrole nitrogens is 1. The molecule has 3 N–H and O–H groups in total. The highest BCUT2D eigenvalue weighted by Crippen LogP contribution is 2.21. The third-order valence-electron chi connectivity index (χ3n) is 4.97. The van der Waals surface area contributed by atoms with Crippen LogP contribution in [0.3, 0.4) is 0 Å². The van der Waals surface area contributed by atoms with Crippen LogP contribution in [0.5, 0.6) is 0 Å². The van der Waals surface area contributed by atoms with E-state index in [0.29, 0.717) is 38.2 Å². The number of aromatic nitrogens is 3. The molecule has 1 unspecified atom stereocenters. The number of para-hydroxylation sites is 1. The van der Waals surface area contributed by atoms with Gasteiger partial charge in [-0.3, -0.25) is 9.48 Å². The fourth-order valence-electron chi connectivity index (χ4n) is 3.50. The van der Waals surface area contributed by atoms with E-state index in [-0.39, 0.29) is 12.5 Å². The molecule has 3 heterocycles. The van der Waals surface area contributed by atoms with Crippen LogP contribution in [-0.4, -0.2) is 48.9 Å². The zero-order valence-electron chi connectivity index (χ0n) is 14.4. The Labute approximate surface area is 150 Å². The number of rotatable bonds is 5. The van der Waals surface area contributed by atoms with Gasteiger partial charge in [0.25, 0.3) is 0 Å². The lowest BCUT2D eigenvalue weighted by Crippen LogP contribution is -2.38. The van der Waals surface area contributed by atoms with Gasteiger partial charge in [0.05, 0.1) is 31.1 Å². The van der Waals surface area contributed by atoms with E-state index in [4.69, 9.17) is 5.11 Å². The summed E-state index contributed by atoms with van der Waals surface area (Å²) in [5, 5.41) is 24.2. The predicted octanol–water partition coefficient (Wildman–Crippen LogP) is 1.37. The van der Waals surface area contributed by atoms with Crippen molar-refractivity contribution in [3.05, 3.63) is 53.5 Å². The molecule has 0 saturated heterocycles. The van der Waals surface area contributed by atoms with Crippen molar-refractivity contribution in [2.24, 2.45) is 0 Å². The summed E-state index contributed by atoms with van der Waals surface area (Å²) in [6, 6.07) is 9.86. The Morgan fingerprint density at radius 2 is 2.15 bits per heavy atom. The number of carbonyl (C=O) groups excluding carboxylic acids is 1. The minimum absolute atomic E-state index is 0.118. The van der Waals surface area contributed by atoms with Crippen LogP contribution >= 0.6 is 0 Å². The number of aromatic amines is 1. The molecule has 7 heteroatoms. The van der Waals surface area contributed by atoms with Gasteiger partial charge >= 0.3 is 0 Å². The van der Waals surface area contributed by atoms with Crippen LogP contribution in [0.1, 0.15) is 29.5 Å². The molecule has 1 atom stereocenters. The van der Waals surface area contributed by atoms with Gasteiger partial charge in [0.2, 0.25) is 5.91 Å². The molecule has 4 rings (SSSR count).